The number of amides is 7. The number of pyridine rings is 1. The van der Waals surface area contributed by atoms with Gasteiger partial charge in [-0.2, -0.15) is 4.73 Å². The molecule has 10 bridgehead atoms. The highest BCUT2D eigenvalue weighted by atomic mass is 32.1. The minimum Gasteiger partial charge on any atom is -0.618 e. The Morgan fingerprint density at radius 2 is 1.30 bits per heavy atom. The van der Waals surface area contributed by atoms with Crippen LogP contribution in [0.3, 0.4) is 0 Å². The van der Waals surface area contributed by atoms with Crippen LogP contribution in [0.15, 0.2) is 118 Å². The van der Waals surface area contributed by atoms with Crippen molar-refractivity contribution in [3.05, 3.63) is 177 Å². The zero-order valence-corrected chi connectivity index (χ0v) is 53.0. The number of carbonyl (C=O) groups excluding carboxylic acids is 8. The number of nitrogens with two attached hydrogens (primary N) is 1. The van der Waals surface area contributed by atoms with E-state index in [0.29, 0.717) is 20.7 Å². The maximum absolute atomic E-state index is 15.0. The van der Waals surface area contributed by atoms with E-state index in [2.05, 4.69) is 59.7 Å². The summed E-state index contributed by atoms with van der Waals surface area (Å²) < 4.78 is 0.500. The first-order valence-electron chi connectivity index (χ1n) is 27.2. The predicted octanol–water partition coefficient (Wildman–Crippen LogP) is 5.99. The van der Waals surface area contributed by atoms with E-state index < -0.39 is 101 Å². The number of aliphatic hydroxyl groups is 1. The fraction of sp³-hybridized carbons (Fsp3) is 0.186. The van der Waals surface area contributed by atoms with E-state index >= 15 is 5.21 Å². The SMILES string of the molecule is C=C(NC(=O)C(=C)NC(=O)c1csc(-c2ccc3c([n+]2[O-])-c2csc(n2)-c2csc(n2)C(C(C)C(C)=O)NC(=O)C(Cc2ccc(O)cc2)NC(=O)c2csc(n2)C(C(O)c2ccccc2)NC(=O)c2nc(sc2C)C(CC(N)=O)NC(=O)c2csc-3n2)n1)C(=O)O. The summed E-state index contributed by atoms with van der Waals surface area (Å²) in [5, 5.41) is 69.9. The summed E-state index contributed by atoms with van der Waals surface area (Å²) in [6.07, 6.45) is -2.06. The molecule has 9 aromatic rings. The van der Waals surface area contributed by atoms with Gasteiger partial charge in [0.2, 0.25) is 11.8 Å². The summed E-state index contributed by atoms with van der Waals surface area (Å²) in [6, 6.07) is 12.2. The molecule has 7 amide bonds. The van der Waals surface area contributed by atoms with Crippen molar-refractivity contribution in [1.82, 2.24) is 61.8 Å². The average molecular weight is 1360 g/mol. The number of aromatic nitrogens is 7. The summed E-state index contributed by atoms with van der Waals surface area (Å²) in [4.78, 5) is 149. The molecular formula is C59H50N14O13S6. The van der Waals surface area contributed by atoms with Gasteiger partial charge in [-0.25, -0.2) is 34.7 Å². The third-order valence-corrected chi connectivity index (χ3v) is 19.6. The van der Waals surface area contributed by atoms with Gasteiger partial charge >= 0.3 is 5.97 Å². The van der Waals surface area contributed by atoms with Gasteiger partial charge in [-0.15, -0.1) is 68.0 Å². The Labute approximate surface area is 544 Å². The highest BCUT2D eigenvalue weighted by molar-refractivity contribution is 7.15. The number of ketones is 1. The molecule has 10 rings (SSSR count). The first kappa shape index (κ1) is 64.8. The topological polar surface area (TPSA) is 417 Å². The van der Waals surface area contributed by atoms with Crippen molar-refractivity contribution < 1.29 is 63.2 Å². The van der Waals surface area contributed by atoms with Crippen molar-refractivity contribution in [2.45, 2.75) is 63.9 Å². The molecule has 470 valence electrons. The maximum Gasteiger partial charge on any atom is 0.351 e. The fourth-order valence-electron chi connectivity index (χ4n) is 9.13. The molecule has 0 saturated carbocycles. The quantitative estimate of drug-likeness (QED) is 0.0339. The third-order valence-electron chi connectivity index (χ3n) is 14.1. The van der Waals surface area contributed by atoms with E-state index in [0.717, 1.165) is 68.0 Å². The van der Waals surface area contributed by atoms with Crippen molar-refractivity contribution >= 4 is 121 Å². The van der Waals surface area contributed by atoms with E-state index in [4.69, 9.17) is 20.8 Å². The van der Waals surface area contributed by atoms with Crippen molar-refractivity contribution in [2.24, 2.45) is 11.7 Å². The van der Waals surface area contributed by atoms with Crippen LogP contribution in [0.1, 0.15) is 117 Å². The summed E-state index contributed by atoms with van der Waals surface area (Å²) in [5.41, 5.74) is 4.93. The fourth-order valence-corrected chi connectivity index (χ4v) is 14.4. The Morgan fingerprint density at radius 1 is 0.685 bits per heavy atom. The van der Waals surface area contributed by atoms with Crippen LogP contribution in [0, 0.1) is 18.0 Å². The van der Waals surface area contributed by atoms with Crippen LogP contribution in [0.4, 0.5) is 0 Å². The van der Waals surface area contributed by atoms with Crippen LogP contribution in [0.25, 0.3) is 43.4 Å². The summed E-state index contributed by atoms with van der Waals surface area (Å²) in [7, 11) is 0. The number of aliphatic hydroxyl groups excluding tert-OH is 1. The van der Waals surface area contributed by atoms with E-state index in [1.54, 1.807) is 67.1 Å². The zero-order valence-electron chi connectivity index (χ0n) is 48.1. The molecule has 8 heterocycles. The van der Waals surface area contributed by atoms with Crippen molar-refractivity contribution in [3.8, 4) is 49.1 Å². The van der Waals surface area contributed by atoms with Gasteiger partial charge in [-0.1, -0.05) is 62.5 Å². The van der Waals surface area contributed by atoms with Gasteiger partial charge in [0.1, 0.15) is 94.6 Å². The van der Waals surface area contributed by atoms with Gasteiger partial charge < -0.3 is 58.2 Å². The Bertz CT molecular complexity index is 4440. The summed E-state index contributed by atoms with van der Waals surface area (Å²) >= 11 is 5.94. The van der Waals surface area contributed by atoms with Gasteiger partial charge in [0.15, 0.2) is 5.01 Å². The molecular weight excluding hydrogens is 1310 g/mol. The number of hydrogen-bond donors (Lipinski definition) is 10. The van der Waals surface area contributed by atoms with Crippen LogP contribution in [-0.2, 0) is 30.4 Å². The molecule has 33 heteroatoms. The second-order valence-electron chi connectivity index (χ2n) is 20.4. The van der Waals surface area contributed by atoms with Crippen LogP contribution < -0.4 is 42.4 Å². The number of Topliss-reactive ketones (excluding diaryl/α,β-unsaturated/α-hetero) is 1. The molecule has 6 atom stereocenters. The molecule has 1 aliphatic rings. The Morgan fingerprint density at radius 3 is 2.00 bits per heavy atom. The monoisotopic (exact) mass is 1350 g/mol. The van der Waals surface area contributed by atoms with Crippen molar-refractivity contribution in [3.63, 3.8) is 0 Å². The number of aliphatic carboxylic acids is 1. The number of aromatic hydroxyl groups is 1. The number of phenolic OH excluding ortho intramolecular Hbond substituents is 1. The first-order valence-corrected chi connectivity index (χ1v) is 32.4. The highest BCUT2D eigenvalue weighted by Gasteiger charge is 2.36. The molecule has 92 heavy (non-hydrogen) atoms. The Balaban J connectivity index is 1.07. The lowest BCUT2D eigenvalue weighted by atomic mass is 9.97. The summed E-state index contributed by atoms with van der Waals surface area (Å²) in [5.74, 6) is -8.81. The Kier molecular flexibility index (Phi) is 19.4. The van der Waals surface area contributed by atoms with Gasteiger partial charge in [0.05, 0.1) is 29.8 Å². The molecule has 27 nitrogen and oxygen atoms in total. The number of primary amides is 1. The van der Waals surface area contributed by atoms with E-state index in [-0.39, 0.29) is 99.1 Å². The number of carbonyl (C=O) groups is 9. The second kappa shape index (κ2) is 27.5. The van der Waals surface area contributed by atoms with Crippen molar-refractivity contribution in [1.29, 1.82) is 0 Å². The third kappa shape index (κ3) is 14.4. The number of fused-ring (bicyclic) bond motifs is 14. The molecule has 0 fully saturated rings. The molecule has 1 aliphatic heterocycles. The minimum absolute atomic E-state index is 0.0108. The number of phenols is 1. The number of rotatable bonds is 14. The van der Waals surface area contributed by atoms with Crippen LogP contribution in [-0.4, -0.2) is 104 Å². The molecule has 0 aliphatic carbocycles. The van der Waals surface area contributed by atoms with Gasteiger partial charge in [0.25, 0.3) is 40.9 Å². The largest absolute Gasteiger partial charge is 0.618 e. The lowest BCUT2D eigenvalue weighted by molar-refractivity contribution is -0.581. The summed E-state index contributed by atoms with van der Waals surface area (Å²) in [6.45, 7) is 11.2. The second-order valence-corrected chi connectivity index (χ2v) is 26.0. The lowest BCUT2D eigenvalue weighted by Crippen LogP contribution is -2.50. The van der Waals surface area contributed by atoms with Gasteiger partial charge in [-0.3, -0.25) is 38.4 Å². The molecule has 0 spiro atoms. The average Bonchev–Trinajstić information content (AvgIpc) is 1.55. The minimum atomic E-state index is -1.52. The lowest BCUT2D eigenvalue weighted by Gasteiger charge is -2.25. The molecule has 2 aromatic carbocycles. The first-order chi connectivity index (χ1) is 43.9. The number of carboxylic acid groups (broad SMARTS) is 1. The standard InChI is InChI=1S/C59H50N14O13S6/c1-24(27(4)74)42-57-69-39(23-91-57)54-65-35(19-88-54)45-32(15-16-40(73(45)86)56-67-36(21-89-56)49(80)61-25(2)47(78)62-26(3)59(84)85)53-66-37(20-87-53)51(82)64-34(18-41(60)76)55-72-43(28(5)92-55)52(83)71-44(46(77)30-9-7-6-8-10-30)58-68-38(22-90-58)50(81)63-33(48(79)70-42)17-29-11-13-31(75)14-12-29/h6-16,19-24,33-34,42,44,46,75,77H,2-3,17-18H2,1,4-5H3,(H2,60,76)(H,61,80)(H,62,78)(H,63,81)(H,64,82)(H,70,79)(H,71,83)(H,84,85). The zero-order chi connectivity index (χ0) is 65.8. The smallest absolute Gasteiger partial charge is 0.351 e. The number of carboxylic acids is 1. The van der Waals surface area contributed by atoms with Gasteiger partial charge in [0, 0.05) is 50.2 Å². The van der Waals surface area contributed by atoms with Crippen LogP contribution in [0.2, 0.25) is 0 Å². The predicted molar refractivity (Wildman–Crippen MR) is 340 cm³/mol. The molecule has 0 radical (unpaired) electrons. The van der Waals surface area contributed by atoms with Crippen LogP contribution >= 0.6 is 68.0 Å². The van der Waals surface area contributed by atoms with Crippen molar-refractivity contribution in [2.75, 3.05) is 0 Å². The number of nitrogens with zero attached hydrogens (tertiary/aromatic N) is 7. The maximum atomic E-state index is 15.0. The number of nitrogens with one attached hydrogen (secondary N) is 6. The number of hydrogen-bond acceptors (Lipinski definition) is 24. The normalized spacial score (nSPS) is 16.7. The molecule has 6 unspecified atom stereocenters. The number of thiazole rings is 6. The number of aryl methyl sites for hydroxylation is 1. The van der Waals surface area contributed by atoms with Gasteiger partial charge in [-0.05, 0) is 43.2 Å². The number of benzene rings is 2. The molecule has 11 N–H and O–H groups in total. The van der Waals surface area contributed by atoms with Crippen LogP contribution in [0.5, 0.6) is 5.75 Å². The Hall–Kier alpha value is -10.2. The van der Waals surface area contributed by atoms with E-state index in [1.165, 1.54) is 47.3 Å². The molecule has 7 aromatic heterocycles. The highest BCUT2D eigenvalue weighted by Crippen LogP contribution is 2.39. The van der Waals surface area contributed by atoms with E-state index in [1.807, 2.05) is 5.32 Å². The van der Waals surface area contributed by atoms with E-state index in [9.17, 15) is 53.4 Å². The molecule has 0 saturated heterocycles.